The van der Waals surface area contributed by atoms with Crippen molar-refractivity contribution in [2.75, 3.05) is 11.1 Å². The molecule has 0 radical (unpaired) electrons. The highest BCUT2D eigenvalue weighted by Gasteiger charge is 2.30. The number of nitrogens with zero attached hydrogens (tertiary/aromatic N) is 2. The van der Waals surface area contributed by atoms with Gasteiger partial charge in [-0.05, 0) is 24.3 Å². The first-order valence-electron chi connectivity index (χ1n) is 6.92. The normalized spacial score (nSPS) is 11.2. The van der Waals surface area contributed by atoms with Gasteiger partial charge in [0.15, 0.2) is 0 Å². The number of alkyl halides is 3. The van der Waals surface area contributed by atoms with Crippen LogP contribution >= 0.6 is 0 Å². The number of para-hydroxylation sites is 1. The largest absolute Gasteiger partial charge is 0.416 e. The highest BCUT2D eigenvalue weighted by atomic mass is 19.4. The van der Waals surface area contributed by atoms with Gasteiger partial charge in [-0.1, -0.05) is 18.2 Å². The van der Waals surface area contributed by atoms with Crippen LogP contribution in [-0.2, 0) is 6.18 Å². The summed E-state index contributed by atoms with van der Waals surface area (Å²) in [6.45, 7) is 0. The van der Waals surface area contributed by atoms with Crippen LogP contribution in [0.15, 0.2) is 48.7 Å². The minimum Gasteiger partial charge on any atom is -0.397 e. The summed E-state index contributed by atoms with van der Waals surface area (Å²) in [5, 5.41) is 12.7. The highest BCUT2D eigenvalue weighted by Crippen LogP contribution is 2.34. The Kier molecular flexibility index (Phi) is 3.73. The number of nitrogens with one attached hydrogen (secondary N) is 1. The molecule has 2 aromatic carbocycles. The molecule has 3 aromatic rings. The van der Waals surface area contributed by atoms with E-state index in [9.17, 15) is 18.4 Å². The lowest BCUT2D eigenvalue weighted by Crippen LogP contribution is -2.05. The monoisotopic (exact) mass is 328 g/mol. The third-order valence-electron chi connectivity index (χ3n) is 3.51. The third kappa shape index (κ3) is 2.82. The Labute approximate surface area is 135 Å². The molecule has 1 aromatic heterocycles. The van der Waals surface area contributed by atoms with Crippen molar-refractivity contribution < 1.29 is 13.2 Å². The molecule has 0 aliphatic carbocycles. The van der Waals surface area contributed by atoms with Crippen molar-refractivity contribution in [1.82, 2.24) is 4.98 Å². The summed E-state index contributed by atoms with van der Waals surface area (Å²) in [6, 6.07) is 11.8. The average molecular weight is 328 g/mol. The molecule has 0 amide bonds. The van der Waals surface area contributed by atoms with Crippen LogP contribution in [0.25, 0.3) is 10.9 Å². The van der Waals surface area contributed by atoms with Crippen LogP contribution in [0.2, 0.25) is 0 Å². The number of rotatable bonds is 2. The van der Waals surface area contributed by atoms with Crippen LogP contribution in [-0.4, -0.2) is 4.98 Å². The van der Waals surface area contributed by atoms with Crippen LogP contribution in [0.3, 0.4) is 0 Å². The molecule has 24 heavy (non-hydrogen) atoms. The van der Waals surface area contributed by atoms with Crippen LogP contribution in [0.1, 0.15) is 11.1 Å². The number of aromatic nitrogens is 1. The second-order valence-electron chi connectivity index (χ2n) is 5.11. The van der Waals surface area contributed by atoms with Gasteiger partial charge in [0, 0.05) is 17.3 Å². The first kappa shape index (κ1) is 15.6. The minimum atomic E-state index is -4.44. The van der Waals surface area contributed by atoms with Crippen molar-refractivity contribution in [3.05, 3.63) is 59.8 Å². The van der Waals surface area contributed by atoms with Crippen molar-refractivity contribution in [2.45, 2.75) is 6.18 Å². The molecule has 7 heteroatoms. The van der Waals surface area contributed by atoms with E-state index >= 15 is 0 Å². The third-order valence-corrected chi connectivity index (χ3v) is 3.51. The SMILES string of the molecule is N#Cc1cnc2c(N)cccc2c1Nc1cccc(C(F)(F)F)c1. The zero-order valence-corrected chi connectivity index (χ0v) is 12.2. The molecule has 4 nitrogen and oxygen atoms in total. The van der Waals surface area contributed by atoms with E-state index in [1.54, 1.807) is 18.2 Å². The zero-order chi connectivity index (χ0) is 17.3. The zero-order valence-electron chi connectivity index (χ0n) is 12.2. The fraction of sp³-hybridized carbons (Fsp3) is 0.0588. The lowest BCUT2D eigenvalue weighted by molar-refractivity contribution is -0.137. The molecule has 0 unspecified atom stereocenters. The van der Waals surface area contributed by atoms with Crippen molar-refractivity contribution in [2.24, 2.45) is 0 Å². The molecule has 3 rings (SSSR count). The van der Waals surface area contributed by atoms with Crippen LogP contribution in [0.4, 0.5) is 30.2 Å². The Morgan fingerprint density at radius 2 is 1.88 bits per heavy atom. The molecule has 1 heterocycles. The molecule has 3 N–H and O–H groups in total. The van der Waals surface area contributed by atoms with Gasteiger partial charge in [-0.3, -0.25) is 4.98 Å². The number of nitrogen functional groups attached to an aromatic ring is 1. The molecule has 0 fully saturated rings. The van der Waals surface area contributed by atoms with Gasteiger partial charge in [0.2, 0.25) is 0 Å². The van der Waals surface area contributed by atoms with E-state index < -0.39 is 11.7 Å². The molecule has 120 valence electrons. The summed E-state index contributed by atoms with van der Waals surface area (Å²) >= 11 is 0. The number of hydrogen-bond acceptors (Lipinski definition) is 4. The van der Waals surface area contributed by atoms with Gasteiger partial charge < -0.3 is 11.1 Å². The van der Waals surface area contributed by atoms with E-state index in [0.29, 0.717) is 22.3 Å². The van der Waals surface area contributed by atoms with Crippen LogP contribution in [0, 0.1) is 11.3 Å². The van der Waals surface area contributed by atoms with Gasteiger partial charge in [-0.15, -0.1) is 0 Å². The van der Waals surface area contributed by atoms with Crippen molar-refractivity contribution in [1.29, 1.82) is 5.26 Å². The van der Waals surface area contributed by atoms with Crippen LogP contribution in [0.5, 0.6) is 0 Å². The van der Waals surface area contributed by atoms with Gasteiger partial charge in [0.1, 0.15) is 6.07 Å². The molecule has 0 saturated carbocycles. The number of nitriles is 1. The smallest absolute Gasteiger partial charge is 0.397 e. The average Bonchev–Trinajstić information content (AvgIpc) is 2.55. The molecular formula is C17H11F3N4. The van der Waals surface area contributed by atoms with E-state index in [0.717, 1.165) is 12.1 Å². The number of pyridine rings is 1. The van der Waals surface area contributed by atoms with E-state index in [4.69, 9.17) is 5.73 Å². The number of halogens is 3. The minimum absolute atomic E-state index is 0.213. The number of anilines is 3. The lowest BCUT2D eigenvalue weighted by Gasteiger charge is -2.14. The molecule has 0 atom stereocenters. The first-order chi connectivity index (χ1) is 11.4. The van der Waals surface area contributed by atoms with Crippen LogP contribution < -0.4 is 11.1 Å². The fourth-order valence-electron chi connectivity index (χ4n) is 2.38. The maximum Gasteiger partial charge on any atom is 0.416 e. The standard InChI is InChI=1S/C17H11F3N4/c18-17(19,20)11-3-1-4-12(7-11)24-15-10(8-21)9-23-16-13(15)5-2-6-14(16)22/h1-7,9H,22H2,(H,23,24). The maximum atomic E-state index is 12.9. The number of benzene rings is 2. The van der Waals surface area contributed by atoms with Gasteiger partial charge in [0.25, 0.3) is 0 Å². The highest BCUT2D eigenvalue weighted by molar-refractivity contribution is 6.00. The molecular weight excluding hydrogens is 317 g/mol. The summed E-state index contributed by atoms with van der Waals surface area (Å²) in [6.07, 6.45) is -3.10. The number of fused-ring (bicyclic) bond motifs is 1. The molecule has 0 bridgehead atoms. The summed E-state index contributed by atoms with van der Waals surface area (Å²) < 4.78 is 38.6. The molecule has 0 aliphatic rings. The number of hydrogen-bond donors (Lipinski definition) is 2. The quantitative estimate of drug-likeness (QED) is 0.682. The topological polar surface area (TPSA) is 74.7 Å². The predicted molar refractivity (Wildman–Crippen MR) is 85.6 cm³/mol. The summed E-state index contributed by atoms with van der Waals surface area (Å²) in [7, 11) is 0. The van der Waals surface area contributed by atoms with Gasteiger partial charge in [0.05, 0.1) is 28.0 Å². The summed E-state index contributed by atoms with van der Waals surface area (Å²) in [5.41, 5.74) is 6.80. The second-order valence-corrected chi connectivity index (χ2v) is 5.11. The van der Waals surface area contributed by atoms with Gasteiger partial charge >= 0.3 is 6.18 Å². The fourth-order valence-corrected chi connectivity index (χ4v) is 2.38. The molecule has 0 spiro atoms. The summed E-state index contributed by atoms with van der Waals surface area (Å²) in [4.78, 5) is 4.14. The van der Waals surface area contributed by atoms with Crippen molar-refractivity contribution in [3.8, 4) is 6.07 Å². The Bertz CT molecular complexity index is 958. The van der Waals surface area contributed by atoms with Gasteiger partial charge in [-0.2, -0.15) is 18.4 Å². The Hall–Kier alpha value is -3.27. The Morgan fingerprint density at radius 1 is 1.12 bits per heavy atom. The first-order valence-corrected chi connectivity index (χ1v) is 6.92. The number of nitrogens with two attached hydrogens (primary N) is 1. The lowest BCUT2D eigenvalue weighted by atomic mass is 10.1. The Balaban J connectivity index is 2.14. The predicted octanol–water partition coefficient (Wildman–Crippen LogP) is 4.45. The maximum absolute atomic E-state index is 12.9. The van der Waals surface area contributed by atoms with E-state index in [-0.39, 0.29) is 11.3 Å². The molecule has 0 aliphatic heterocycles. The van der Waals surface area contributed by atoms with Gasteiger partial charge in [-0.25, -0.2) is 0 Å². The molecule has 0 saturated heterocycles. The van der Waals surface area contributed by atoms with E-state index in [2.05, 4.69) is 10.3 Å². The van der Waals surface area contributed by atoms with E-state index in [1.807, 2.05) is 6.07 Å². The van der Waals surface area contributed by atoms with Crippen molar-refractivity contribution in [3.63, 3.8) is 0 Å². The second kappa shape index (κ2) is 5.74. The van der Waals surface area contributed by atoms with E-state index in [1.165, 1.54) is 18.3 Å². The Morgan fingerprint density at radius 3 is 2.58 bits per heavy atom. The summed E-state index contributed by atoms with van der Waals surface area (Å²) in [5.74, 6) is 0. The van der Waals surface area contributed by atoms with Crippen molar-refractivity contribution >= 4 is 28.0 Å².